The molecule has 162 valence electrons. The van der Waals surface area contributed by atoms with Crippen LogP contribution in [-0.2, 0) is 16.0 Å². The number of hydrogen-bond donors (Lipinski definition) is 0. The summed E-state index contributed by atoms with van der Waals surface area (Å²) in [5.41, 5.74) is 2.01. The third kappa shape index (κ3) is 4.91. The third-order valence-electron chi connectivity index (χ3n) is 5.97. The Morgan fingerprint density at radius 3 is 2.63 bits per heavy atom. The molecular weight excluding hydrogens is 399 g/mol. The van der Waals surface area contributed by atoms with Crippen LogP contribution in [0.15, 0.2) is 35.7 Å². The summed E-state index contributed by atoms with van der Waals surface area (Å²) >= 11 is 1.70. The highest BCUT2D eigenvalue weighted by atomic mass is 32.1. The summed E-state index contributed by atoms with van der Waals surface area (Å²) in [7, 11) is 0. The van der Waals surface area contributed by atoms with Gasteiger partial charge < -0.3 is 9.80 Å². The second-order valence-corrected chi connectivity index (χ2v) is 8.97. The first-order chi connectivity index (χ1) is 14.5. The van der Waals surface area contributed by atoms with E-state index >= 15 is 0 Å². The van der Waals surface area contributed by atoms with Gasteiger partial charge in [0.2, 0.25) is 11.8 Å². The Morgan fingerprint density at radius 1 is 1.23 bits per heavy atom. The number of benzene rings is 1. The summed E-state index contributed by atoms with van der Waals surface area (Å²) in [6.07, 6.45) is 3.88. The van der Waals surface area contributed by atoms with Gasteiger partial charge in [0.25, 0.3) is 0 Å². The Morgan fingerprint density at radius 2 is 1.97 bits per heavy atom. The lowest BCUT2D eigenvalue weighted by Gasteiger charge is -2.38. The predicted molar refractivity (Wildman–Crippen MR) is 119 cm³/mol. The van der Waals surface area contributed by atoms with E-state index in [-0.39, 0.29) is 36.3 Å². The van der Waals surface area contributed by atoms with Crippen LogP contribution in [0.1, 0.15) is 68.5 Å². The van der Waals surface area contributed by atoms with Gasteiger partial charge in [0.15, 0.2) is 0 Å². The van der Waals surface area contributed by atoms with Crippen LogP contribution >= 0.6 is 11.3 Å². The maximum absolute atomic E-state index is 13.5. The van der Waals surface area contributed by atoms with E-state index in [0.29, 0.717) is 13.0 Å². The van der Waals surface area contributed by atoms with Crippen molar-refractivity contribution in [1.29, 1.82) is 0 Å². The summed E-state index contributed by atoms with van der Waals surface area (Å²) in [5.74, 6) is -0.292. The number of fused-ring (bicyclic) bond motifs is 1. The third-order valence-corrected chi connectivity index (χ3v) is 6.96. The quantitative estimate of drug-likeness (QED) is 0.579. The van der Waals surface area contributed by atoms with Gasteiger partial charge >= 0.3 is 0 Å². The van der Waals surface area contributed by atoms with E-state index in [1.165, 1.54) is 17.0 Å². The monoisotopic (exact) mass is 430 g/mol. The molecule has 0 saturated heterocycles. The smallest absolute Gasteiger partial charge is 0.243 e. The number of carbonyl (C=O) groups is 2. The molecule has 0 saturated carbocycles. The largest absolute Gasteiger partial charge is 0.331 e. The summed E-state index contributed by atoms with van der Waals surface area (Å²) in [4.78, 5) is 31.1. The summed E-state index contributed by atoms with van der Waals surface area (Å²) < 4.78 is 13.5. The zero-order chi connectivity index (χ0) is 21.7. The minimum absolute atomic E-state index is 0.0177. The molecule has 0 N–H and O–H groups in total. The average Bonchev–Trinajstić information content (AvgIpc) is 3.24. The van der Waals surface area contributed by atoms with Gasteiger partial charge in [-0.3, -0.25) is 9.59 Å². The summed E-state index contributed by atoms with van der Waals surface area (Å²) in [6.45, 7) is 6.79. The zero-order valence-corrected chi connectivity index (χ0v) is 18.9. The lowest BCUT2D eigenvalue weighted by Crippen LogP contribution is -2.49. The first-order valence-corrected chi connectivity index (χ1v) is 11.7. The van der Waals surface area contributed by atoms with Crippen molar-refractivity contribution in [1.82, 2.24) is 9.80 Å². The maximum atomic E-state index is 13.5. The van der Waals surface area contributed by atoms with E-state index in [1.54, 1.807) is 28.4 Å². The number of amides is 2. The van der Waals surface area contributed by atoms with Crippen LogP contribution < -0.4 is 0 Å². The molecule has 2 heterocycles. The molecule has 1 aliphatic rings. The van der Waals surface area contributed by atoms with Crippen LogP contribution in [0.5, 0.6) is 0 Å². The number of nitrogens with zero attached hydrogens (tertiary/aromatic N) is 2. The van der Waals surface area contributed by atoms with E-state index in [4.69, 9.17) is 0 Å². The van der Waals surface area contributed by atoms with Crippen molar-refractivity contribution in [2.45, 2.75) is 65.0 Å². The van der Waals surface area contributed by atoms with Gasteiger partial charge in [-0.15, -0.1) is 11.3 Å². The highest BCUT2D eigenvalue weighted by Crippen LogP contribution is 2.38. The number of thiophene rings is 1. The van der Waals surface area contributed by atoms with E-state index in [9.17, 15) is 14.0 Å². The van der Waals surface area contributed by atoms with Gasteiger partial charge in [0.1, 0.15) is 12.4 Å². The van der Waals surface area contributed by atoms with Crippen LogP contribution in [0.2, 0.25) is 0 Å². The Balaban J connectivity index is 1.86. The van der Waals surface area contributed by atoms with E-state index < -0.39 is 0 Å². The Bertz CT molecular complexity index is 864. The van der Waals surface area contributed by atoms with Crippen molar-refractivity contribution < 1.29 is 14.0 Å². The number of carbonyl (C=O) groups excluding carboxylic acids is 2. The highest BCUT2D eigenvalue weighted by Gasteiger charge is 2.34. The molecule has 0 unspecified atom stereocenters. The van der Waals surface area contributed by atoms with Crippen molar-refractivity contribution >= 4 is 23.2 Å². The molecule has 0 radical (unpaired) electrons. The van der Waals surface area contributed by atoms with Crippen LogP contribution in [0.4, 0.5) is 4.39 Å². The van der Waals surface area contributed by atoms with Crippen molar-refractivity contribution in [3.05, 3.63) is 57.5 Å². The molecule has 30 heavy (non-hydrogen) atoms. The van der Waals surface area contributed by atoms with Crippen molar-refractivity contribution in [2.75, 3.05) is 13.1 Å². The lowest BCUT2D eigenvalue weighted by molar-refractivity contribution is -0.143. The molecule has 1 aromatic carbocycles. The minimum atomic E-state index is -0.289. The summed E-state index contributed by atoms with van der Waals surface area (Å²) in [6, 6.07) is 8.24. The molecule has 0 fully saturated rings. The van der Waals surface area contributed by atoms with Gasteiger partial charge in [-0.1, -0.05) is 32.4 Å². The standard InChI is InChI=1S/C24H31FN2O2S/c1-4-6-7-22(28)27(17(3)5-2)16-23(29)26-14-12-21-20(13-15-30-21)24(26)18-8-10-19(25)11-9-18/h8-11,13,15,17,24H,4-7,12,14,16H2,1-3H3/t17-,24-/m0/s1. The Labute approximate surface area is 182 Å². The van der Waals surface area contributed by atoms with Gasteiger partial charge in [0, 0.05) is 23.9 Å². The van der Waals surface area contributed by atoms with E-state index in [1.807, 2.05) is 18.7 Å². The van der Waals surface area contributed by atoms with Crippen LogP contribution in [0.25, 0.3) is 0 Å². The molecule has 1 aromatic heterocycles. The van der Waals surface area contributed by atoms with Crippen molar-refractivity contribution in [3.63, 3.8) is 0 Å². The maximum Gasteiger partial charge on any atom is 0.243 e. The molecule has 0 aliphatic carbocycles. The van der Waals surface area contributed by atoms with Crippen molar-refractivity contribution in [3.8, 4) is 0 Å². The Kier molecular flexibility index (Phi) is 7.64. The fourth-order valence-electron chi connectivity index (χ4n) is 4.01. The first kappa shape index (κ1) is 22.5. The number of halogens is 1. The minimum Gasteiger partial charge on any atom is -0.331 e. The molecule has 3 rings (SSSR count). The molecule has 1 aliphatic heterocycles. The van der Waals surface area contributed by atoms with Gasteiger partial charge in [-0.25, -0.2) is 4.39 Å². The van der Waals surface area contributed by atoms with Crippen molar-refractivity contribution in [2.24, 2.45) is 0 Å². The molecule has 0 spiro atoms. The molecule has 6 heteroatoms. The van der Waals surface area contributed by atoms with Gasteiger partial charge in [-0.05, 0) is 60.9 Å². The number of unbranched alkanes of at least 4 members (excludes halogenated alkanes) is 1. The van der Waals surface area contributed by atoms with E-state index in [0.717, 1.165) is 36.8 Å². The highest BCUT2D eigenvalue weighted by molar-refractivity contribution is 7.10. The molecule has 2 atom stereocenters. The second-order valence-electron chi connectivity index (χ2n) is 7.97. The summed E-state index contributed by atoms with van der Waals surface area (Å²) in [5, 5.41) is 2.05. The zero-order valence-electron chi connectivity index (χ0n) is 18.1. The molecule has 2 aromatic rings. The van der Waals surface area contributed by atoms with Crippen LogP contribution in [0.3, 0.4) is 0 Å². The van der Waals surface area contributed by atoms with Gasteiger partial charge in [-0.2, -0.15) is 0 Å². The number of rotatable bonds is 8. The fourth-order valence-corrected chi connectivity index (χ4v) is 4.91. The molecular formula is C24H31FN2O2S. The molecule has 2 amide bonds. The molecule has 4 nitrogen and oxygen atoms in total. The van der Waals surface area contributed by atoms with E-state index in [2.05, 4.69) is 18.4 Å². The SMILES string of the molecule is CCCCC(=O)N(CC(=O)N1CCc2sccc2[C@@H]1c1ccc(F)cc1)[C@@H](C)CC. The normalized spacial score (nSPS) is 16.8. The predicted octanol–water partition coefficient (Wildman–Crippen LogP) is 5.18. The fraction of sp³-hybridized carbons (Fsp3) is 0.500. The average molecular weight is 431 g/mol. The van der Waals surface area contributed by atoms with Gasteiger partial charge in [0.05, 0.1) is 6.04 Å². The molecule has 0 bridgehead atoms. The second kappa shape index (κ2) is 10.2. The van der Waals surface area contributed by atoms with Crippen LogP contribution in [-0.4, -0.2) is 40.7 Å². The Hall–Kier alpha value is -2.21. The lowest BCUT2D eigenvalue weighted by atomic mass is 9.93. The first-order valence-electron chi connectivity index (χ1n) is 10.9. The van der Waals surface area contributed by atoms with Crippen LogP contribution in [0, 0.1) is 5.82 Å². The topological polar surface area (TPSA) is 40.6 Å². The number of hydrogen-bond acceptors (Lipinski definition) is 3.